The zero-order chi connectivity index (χ0) is 30.1. The normalized spacial score (nSPS) is 11.0. The summed E-state index contributed by atoms with van der Waals surface area (Å²) in [4.78, 5) is 0. The molecule has 0 amide bonds. The maximum Gasteiger partial charge on any atom is 0.142 e. The minimum atomic E-state index is 0.485. The van der Waals surface area contributed by atoms with E-state index >= 15 is 0 Å². The minimum Gasteiger partial charge on any atom is -0.493 e. The Morgan fingerprint density at radius 3 is 1.16 bits per heavy atom. The van der Waals surface area contributed by atoms with Crippen LogP contribution in [0.4, 0.5) is 11.4 Å². The third-order valence-electron chi connectivity index (χ3n) is 7.48. The summed E-state index contributed by atoms with van der Waals surface area (Å²) in [5, 5.41) is 4.46. The number of para-hydroxylation sites is 4. The van der Waals surface area contributed by atoms with E-state index < -0.39 is 0 Å². The highest BCUT2D eigenvalue weighted by Crippen LogP contribution is 2.45. The average molecular weight is 585 g/mol. The van der Waals surface area contributed by atoms with Crippen LogP contribution in [0.2, 0.25) is 0 Å². The van der Waals surface area contributed by atoms with Crippen molar-refractivity contribution < 1.29 is 18.9 Å². The number of hydrogen-bond donors (Lipinski definition) is 2. The summed E-state index contributed by atoms with van der Waals surface area (Å²) in [6.07, 6.45) is 1.40. The van der Waals surface area contributed by atoms with E-state index in [1.54, 1.807) is 0 Å². The molecule has 4 N–H and O–H groups in total. The summed E-state index contributed by atoms with van der Waals surface area (Å²) in [5.74, 6) is 2.97. The van der Waals surface area contributed by atoms with Crippen LogP contribution in [0.15, 0.2) is 121 Å². The lowest BCUT2D eigenvalue weighted by atomic mass is 9.92. The van der Waals surface area contributed by atoms with E-state index in [0.717, 1.165) is 44.2 Å². The molecule has 6 aromatic carbocycles. The quantitative estimate of drug-likeness (QED) is 0.104. The third kappa shape index (κ3) is 6.50. The van der Waals surface area contributed by atoms with E-state index in [9.17, 15) is 0 Å². The molecule has 0 heterocycles. The van der Waals surface area contributed by atoms with E-state index in [2.05, 4.69) is 72.8 Å². The Kier molecular flexibility index (Phi) is 8.98. The van der Waals surface area contributed by atoms with Crippen molar-refractivity contribution in [2.24, 2.45) is 0 Å². The minimum absolute atomic E-state index is 0.485. The van der Waals surface area contributed by atoms with E-state index in [4.69, 9.17) is 30.4 Å². The number of hydrogen-bond acceptors (Lipinski definition) is 6. The molecular weight excluding hydrogens is 548 g/mol. The Balaban J connectivity index is 1.26. The van der Waals surface area contributed by atoms with E-state index in [-0.39, 0.29) is 0 Å². The van der Waals surface area contributed by atoms with Crippen LogP contribution >= 0.6 is 0 Å². The van der Waals surface area contributed by atoms with Crippen molar-refractivity contribution in [1.82, 2.24) is 0 Å². The Morgan fingerprint density at radius 2 is 0.727 bits per heavy atom. The van der Waals surface area contributed by atoms with Crippen LogP contribution in [-0.4, -0.2) is 26.4 Å². The number of rotatable bonds is 13. The summed E-state index contributed by atoms with van der Waals surface area (Å²) in [6, 6.07) is 40.1. The molecule has 0 saturated heterocycles. The fraction of sp³-hybridized carbons (Fsp3) is 0.158. The summed E-state index contributed by atoms with van der Waals surface area (Å²) < 4.78 is 24.7. The maximum atomic E-state index is 6.48. The van der Waals surface area contributed by atoms with Gasteiger partial charge in [-0.3, -0.25) is 0 Å². The molecule has 6 aromatic rings. The highest BCUT2D eigenvalue weighted by molar-refractivity contribution is 6.09. The molecule has 222 valence electrons. The van der Waals surface area contributed by atoms with Crippen LogP contribution < -0.4 is 30.4 Å². The highest BCUT2D eigenvalue weighted by atomic mass is 16.5. The van der Waals surface area contributed by atoms with Gasteiger partial charge in [0.25, 0.3) is 0 Å². The molecule has 6 rings (SSSR count). The van der Waals surface area contributed by atoms with Crippen LogP contribution in [0.5, 0.6) is 23.0 Å². The second kappa shape index (κ2) is 13.7. The van der Waals surface area contributed by atoms with Crippen molar-refractivity contribution in [3.8, 4) is 34.1 Å². The first-order valence-corrected chi connectivity index (χ1v) is 14.9. The molecule has 6 nitrogen and oxygen atoms in total. The Bertz CT molecular complexity index is 1730. The van der Waals surface area contributed by atoms with Gasteiger partial charge in [-0.25, -0.2) is 0 Å². The van der Waals surface area contributed by atoms with Crippen molar-refractivity contribution in [1.29, 1.82) is 0 Å². The van der Waals surface area contributed by atoms with Crippen molar-refractivity contribution in [2.75, 3.05) is 37.9 Å². The zero-order valence-corrected chi connectivity index (χ0v) is 24.6. The van der Waals surface area contributed by atoms with E-state index in [0.29, 0.717) is 62.1 Å². The van der Waals surface area contributed by atoms with Gasteiger partial charge in [-0.1, -0.05) is 84.9 Å². The van der Waals surface area contributed by atoms with Gasteiger partial charge in [-0.15, -0.1) is 0 Å². The maximum absolute atomic E-state index is 6.48. The van der Waals surface area contributed by atoms with Crippen LogP contribution in [0.1, 0.15) is 12.8 Å². The summed E-state index contributed by atoms with van der Waals surface area (Å²) in [6.45, 7) is 1.96. The molecule has 0 radical (unpaired) electrons. The second-order valence-electron chi connectivity index (χ2n) is 10.5. The molecule has 0 aliphatic heterocycles. The van der Waals surface area contributed by atoms with Gasteiger partial charge in [0, 0.05) is 24.0 Å². The standard InChI is InChI=1S/C38H36N2O4/c39-31-15-5-7-17-33(31)41-23-9-25-43-35-21-19-27-11-1-3-13-29(27)37(35)38-30-14-4-2-12-28(30)20-22-36(38)44-26-10-24-42-34-18-8-6-16-32(34)40/h1-8,11-22H,9-10,23-26,39-40H2. The molecular formula is C38H36N2O4. The first-order chi connectivity index (χ1) is 21.7. The Hall–Kier alpha value is -5.36. The lowest BCUT2D eigenvalue weighted by molar-refractivity contribution is 0.247. The predicted molar refractivity (Wildman–Crippen MR) is 180 cm³/mol. The predicted octanol–water partition coefficient (Wildman–Crippen LogP) is 8.52. The fourth-order valence-corrected chi connectivity index (χ4v) is 5.33. The number of nitrogen functional groups attached to an aromatic ring is 2. The van der Waals surface area contributed by atoms with Gasteiger partial charge in [-0.05, 0) is 57.9 Å². The Labute approximate surface area is 257 Å². The fourth-order valence-electron chi connectivity index (χ4n) is 5.33. The molecule has 0 aliphatic rings. The van der Waals surface area contributed by atoms with E-state index in [1.807, 2.05) is 48.5 Å². The van der Waals surface area contributed by atoms with Gasteiger partial charge in [0.15, 0.2) is 0 Å². The van der Waals surface area contributed by atoms with Gasteiger partial charge in [0.05, 0.1) is 37.8 Å². The first-order valence-electron chi connectivity index (χ1n) is 14.9. The Morgan fingerprint density at radius 1 is 0.364 bits per heavy atom. The van der Waals surface area contributed by atoms with Gasteiger partial charge in [0.2, 0.25) is 0 Å². The monoisotopic (exact) mass is 584 g/mol. The van der Waals surface area contributed by atoms with Crippen LogP contribution in [0.3, 0.4) is 0 Å². The molecule has 6 heteroatoms. The summed E-state index contributed by atoms with van der Waals surface area (Å²) in [7, 11) is 0. The molecule has 0 unspecified atom stereocenters. The molecule has 44 heavy (non-hydrogen) atoms. The second-order valence-corrected chi connectivity index (χ2v) is 10.5. The summed E-state index contributed by atoms with van der Waals surface area (Å²) >= 11 is 0. The van der Waals surface area contributed by atoms with Gasteiger partial charge < -0.3 is 30.4 Å². The molecule has 0 aromatic heterocycles. The van der Waals surface area contributed by atoms with Gasteiger partial charge in [0.1, 0.15) is 23.0 Å². The van der Waals surface area contributed by atoms with Crippen LogP contribution in [-0.2, 0) is 0 Å². The zero-order valence-electron chi connectivity index (χ0n) is 24.6. The van der Waals surface area contributed by atoms with Crippen molar-refractivity contribution >= 4 is 32.9 Å². The molecule has 0 saturated carbocycles. The highest BCUT2D eigenvalue weighted by Gasteiger charge is 2.19. The van der Waals surface area contributed by atoms with Gasteiger partial charge >= 0.3 is 0 Å². The van der Waals surface area contributed by atoms with E-state index in [1.165, 1.54) is 0 Å². The number of anilines is 2. The molecule has 0 spiro atoms. The SMILES string of the molecule is Nc1ccccc1OCCCOc1ccc2ccccc2c1-c1c(OCCCOc2ccccc2N)ccc2ccccc12. The molecule has 0 bridgehead atoms. The van der Waals surface area contributed by atoms with Crippen molar-refractivity contribution in [3.05, 3.63) is 121 Å². The smallest absolute Gasteiger partial charge is 0.142 e. The van der Waals surface area contributed by atoms with Crippen LogP contribution in [0.25, 0.3) is 32.7 Å². The van der Waals surface area contributed by atoms with Gasteiger partial charge in [-0.2, -0.15) is 0 Å². The number of fused-ring (bicyclic) bond motifs is 2. The van der Waals surface area contributed by atoms with Crippen LogP contribution in [0, 0.1) is 0 Å². The first kappa shape index (κ1) is 28.7. The number of benzene rings is 6. The largest absolute Gasteiger partial charge is 0.493 e. The molecule has 0 atom stereocenters. The average Bonchev–Trinajstić information content (AvgIpc) is 3.06. The molecule has 0 fully saturated rings. The topological polar surface area (TPSA) is 89.0 Å². The lowest BCUT2D eigenvalue weighted by Gasteiger charge is -2.20. The number of nitrogens with two attached hydrogens (primary N) is 2. The van der Waals surface area contributed by atoms with Crippen molar-refractivity contribution in [2.45, 2.75) is 12.8 Å². The number of ether oxygens (including phenoxy) is 4. The molecule has 0 aliphatic carbocycles. The third-order valence-corrected chi connectivity index (χ3v) is 7.48. The summed E-state index contributed by atoms with van der Waals surface area (Å²) in [5.41, 5.74) is 15.3. The van der Waals surface area contributed by atoms with Crippen molar-refractivity contribution in [3.63, 3.8) is 0 Å². The lowest BCUT2D eigenvalue weighted by Crippen LogP contribution is -2.08.